The zero-order valence-corrected chi connectivity index (χ0v) is 22.2. The number of halogens is 3. The van der Waals surface area contributed by atoms with Gasteiger partial charge in [0.1, 0.15) is 12.6 Å². The summed E-state index contributed by atoms with van der Waals surface area (Å²) in [4.78, 5) is 42.6. The summed E-state index contributed by atoms with van der Waals surface area (Å²) < 4.78 is 33.8. The number of hydrogen-bond acceptors (Lipinski definition) is 6. The predicted octanol–water partition coefficient (Wildman–Crippen LogP) is 4.46. The maximum absolute atomic E-state index is 14.1. The highest BCUT2D eigenvalue weighted by Gasteiger charge is 2.43. The van der Waals surface area contributed by atoms with Crippen LogP contribution >= 0.6 is 22.9 Å². The lowest BCUT2D eigenvalue weighted by atomic mass is 9.89. The number of anilines is 2. The quantitative estimate of drug-likeness (QED) is 0.443. The molecule has 2 aliphatic carbocycles. The van der Waals surface area contributed by atoms with Crippen molar-refractivity contribution in [2.75, 3.05) is 36.5 Å². The van der Waals surface area contributed by atoms with Gasteiger partial charge in [0.15, 0.2) is 0 Å². The van der Waals surface area contributed by atoms with Crippen molar-refractivity contribution in [3.8, 4) is 0 Å². The zero-order valence-electron chi connectivity index (χ0n) is 20.6. The molecule has 1 atom stereocenters. The van der Waals surface area contributed by atoms with Crippen LogP contribution < -0.4 is 15.5 Å². The summed E-state index contributed by atoms with van der Waals surface area (Å²) >= 11 is 7.11. The van der Waals surface area contributed by atoms with Gasteiger partial charge in [0.2, 0.25) is 5.91 Å². The second-order valence-corrected chi connectivity index (χ2v) is 11.5. The molecule has 1 aliphatic heterocycles. The Morgan fingerprint density at radius 2 is 1.92 bits per heavy atom. The fourth-order valence-electron chi connectivity index (χ4n) is 4.93. The van der Waals surface area contributed by atoms with Crippen LogP contribution in [0.5, 0.6) is 0 Å². The number of rotatable bonds is 10. The Kier molecular flexibility index (Phi) is 8.27. The summed E-state index contributed by atoms with van der Waals surface area (Å²) in [6, 6.07) is 7.18. The van der Waals surface area contributed by atoms with E-state index in [9.17, 15) is 23.2 Å². The number of nitrogens with one attached hydrogen (secondary N) is 2. The molecule has 1 aromatic heterocycles. The van der Waals surface area contributed by atoms with Crippen molar-refractivity contribution in [1.82, 2.24) is 10.2 Å². The van der Waals surface area contributed by atoms with E-state index in [2.05, 4.69) is 15.5 Å². The van der Waals surface area contributed by atoms with Gasteiger partial charge in [0.25, 0.3) is 18.2 Å². The Labute approximate surface area is 228 Å². The van der Waals surface area contributed by atoms with E-state index in [0.29, 0.717) is 21.5 Å². The van der Waals surface area contributed by atoms with Crippen molar-refractivity contribution >= 4 is 52.0 Å². The smallest absolute Gasteiger partial charge is 0.265 e. The van der Waals surface area contributed by atoms with Crippen molar-refractivity contribution in [1.29, 1.82) is 0 Å². The molecule has 2 N–H and O–H groups in total. The molecule has 2 aromatic rings. The lowest BCUT2D eigenvalue weighted by Crippen LogP contribution is -2.57. The third-order valence-electron chi connectivity index (χ3n) is 7.21. The van der Waals surface area contributed by atoms with E-state index in [-0.39, 0.29) is 54.8 Å². The zero-order chi connectivity index (χ0) is 26.8. The van der Waals surface area contributed by atoms with Crippen molar-refractivity contribution in [2.45, 2.75) is 56.7 Å². The van der Waals surface area contributed by atoms with Crippen LogP contribution in [-0.2, 0) is 14.3 Å². The number of ether oxygens (including phenoxy) is 1. The molecule has 1 saturated heterocycles. The number of thiophene rings is 1. The van der Waals surface area contributed by atoms with E-state index >= 15 is 0 Å². The monoisotopic (exact) mass is 566 g/mol. The highest BCUT2D eigenvalue weighted by Crippen LogP contribution is 2.38. The second kappa shape index (κ2) is 11.6. The molecule has 3 fully saturated rings. The molecule has 2 heterocycles. The number of hydrogen-bond donors (Lipinski definition) is 2. The Hall–Kier alpha value is -2.60. The van der Waals surface area contributed by atoms with Crippen molar-refractivity contribution < 1.29 is 27.9 Å². The topological polar surface area (TPSA) is 91.0 Å². The van der Waals surface area contributed by atoms with Crippen molar-refractivity contribution in [3.63, 3.8) is 0 Å². The van der Waals surface area contributed by atoms with Gasteiger partial charge in [0, 0.05) is 42.1 Å². The normalized spacial score (nSPS) is 19.0. The number of alkyl halides is 2. The van der Waals surface area contributed by atoms with E-state index in [1.165, 1.54) is 17.0 Å². The molecule has 38 heavy (non-hydrogen) atoms. The number of morpholine rings is 1. The van der Waals surface area contributed by atoms with E-state index in [1.54, 1.807) is 18.2 Å². The van der Waals surface area contributed by atoms with Crippen LogP contribution in [0.4, 0.5) is 20.2 Å². The molecular formula is C26H29ClF2N4O4S. The van der Waals surface area contributed by atoms with Gasteiger partial charge in [-0.15, -0.1) is 11.3 Å². The summed E-state index contributed by atoms with van der Waals surface area (Å²) in [6.45, 7) is 0.517. The molecule has 0 radical (unpaired) electrons. The maximum atomic E-state index is 14.1. The number of carbonyl (C=O) groups is 3. The maximum Gasteiger partial charge on any atom is 0.265 e. The summed E-state index contributed by atoms with van der Waals surface area (Å²) in [7, 11) is 0. The van der Waals surface area contributed by atoms with Gasteiger partial charge in [0.05, 0.1) is 15.8 Å². The molecule has 3 amide bonds. The van der Waals surface area contributed by atoms with E-state index in [0.717, 1.165) is 43.4 Å². The lowest BCUT2D eigenvalue weighted by Gasteiger charge is -2.42. The summed E-state index contributed by atoms with van der Waals surface area (Å²) in [6.07, 6.45) is 2.03. The molecule has 2 saturated carbocycles. The molecule has 0 unspecified atom stereocenters. The first kappa shape index (κ1) is 27.0. The third kappa shape index (κ3) is 6.01. The first-order chi connectivity index (χ1) is 18.3. The fourth-order valence-corrected chi connectivity index (χ4v) is 5.89. The van der Waals surface area contributed by atoms with Crippen LogP contribution in [-0.4, -0.2) is 67.1 Å². The molecule has 0 spiro atoms. The van der Waals surface area contributed by atoms with Gasteiger partial charge >= 0.3 is 0 Å². The SMILES string of the molecule is O=C(NC[C@@H](C(=O)Nc1ccc(N2CCOCC2=O)cc1C(F)F)N(C1CCC1)C1CC1)c1ccc(Cl)s1. The van der Waals surface area contributed by atoms with E-state index in [4.69, 9.17) is 16.3 Å². The van der Waals surface area contributed by atoms with Crippen LogP contribution in [0.3, 0.4) is 0 Å². The summed E-state index contributed by atoms with van der Waals surface area (Å²) in [5.41, 5.74) is -0.0490. The van der Waals surface area contributed by atoms with Gasteiger partial charge in [-0.05, 0) is 56.0 Å². The highest BCUT2D eigenvalue weighted by molar-refractivity contribution is 7.18. The standard InChI is InChI=1S/C26H29ClF2N4O4S/c27-22-9-8-21(38-22)26(36)30-13-20(33(16-4-5-16)15-2-1-3-15)25(35)31-19-7-6-17(12-18(19)24(28)29)32-10-11-37-14-23(32)34/h6-9,12,15-16,20,24H,1-5,10-11,13-14H2,(H,30,36)(H,31,35)/t20-/m0/s1. The van der Waals surface area contributed by atoms with Crippen molar-refractivity contribution in [2.24, 2.45) is 0 Å². The molecule has 12 heteroatoms. The van der Waals surface area contributed by atoms with Crippen LogP contribution in [0.2, 0.25) is 4.34 Å². The van der Waals surface area contributed by atoms with E-state index in [1.807, 2.05) is 0 Å². The third-order valence-corrected chi connectivity index (χ3v) is 8.44. The number of nitrogens with zero attached hydrogens (tertiary/aromatic N) is 2. The van der Waals surface area contributed by atoms with Gasteiger partial charge in [-0.25, -0.2) is 8.78 Å². The van der Waals surface area contributed by atoms with Gasteiger partial charge in [-0.1, -0.05) is 18.0 Å². The minimum absolute atomic E-state index is 0.0137. The second-order valence-electron chi connectivity index (χ2n) is 9.75. The van der Waals surface area contributed by atoms with Crippen LogP contribution in [0.1, 0.15) is 53.8 Å². The summed E-state index contributed by atoms with van der Waals surface area (Å²) in [5.74, 6) is -1.10. The predicted molar refractivity (Wildman–Crippen MR) is 141 cm³/mol. The average molecular weight is 567 g/mol. The molecular weight excluding hydrogens is 538 g/mol. The van der Waals surface area contributed by atoms with E-state index < -0.39 is 18.4 Å². The minimum atomic E-state index is -2.87. The Morgan fingerprint density at radius 1 is 1.16 bits per heavy atom. The van der Waals surface area contributed by atoms with Crippen LogP contribution in [0, 0.1) is 0 Å². The first-order valence-corrected chi connectivity index (χ1v) is 13.9. The van der Waals surface area contributed by atoms with Gasteiger partial charge in [-0.3, -0.25) is 19.3 Å². The lowest BCUT2D eigenvalue weighted by molar-refractivity contribution is -0.125. The molecule has 0 bridgehead atoms. The van der Waals surface area contributed by atoms with Gasteiger partial charge in [-0.2, -0.15) is 0 Å². The summed E-state index contributed by atoms with van der Waals surface area (Å²) in [5, 5.41) is 5.55. The Balaban J connectivity index is 1.36. The molecule has 3 aliphatic rings. The molecule has 5 rings (SSSR count). The Bertz CT molecular complexity index is 1200. The average Bonchev–Trinajstić information content (AvgIpc) is 3.61. The largest absolute Gasteiger partial charge is 0.370 e. The highest BCUT2D eigenvalue weighted by atomic mass is 35.5. The van der Waals surface area contributed by atoms with Crippen LogP contribution in [0.25, 0.3) is 0 Å². The number of benzene rings is 1. The first-order valence-electron chi connectivity index (χ1n) is 12.7. The van der Waals surface area contributed by atoms with Gasteiger partial charge < -0.3 is 20.3 Å². The molecule has 8 nitrogen and oxygen atoms in total. The Morgan fingerprint density at radius 3 is 2.53 bits per heavy atom. The van der Waals surface area contributed by atoms with Crippen LogP contribution in [0.15, 0.2) is 30.3 Å². The minimum Gasteiger partial charge on any atom is -0.370 e. The number of carbonyl (C=O) groups excluding carboxylic acids is 3. The fraction of sp³-hybridized carbons (Fsp3) is 0.500. The number of amides is 3. The van der Waals surface area contributed by atoms with Crippen molar-refractivity contribution in [3.05, 3.63) is 45.1 Å². The molecule has 1 aromatic carbocycles. The molecule has 204 valence electrons.